The lowest BCUT2D eigenvalue weighted by Crippen LogP contribution is -2.36. The predicted molar refractivity (Wildman–Crippen MR) is 82.0 cm³/mol. The summed E-state index contributed by atoms with van der Waals surface area (Å²) in [4.78, 5) is 12.1. The van der Waals surface area contributed by atoms with Crippen molar-refractivity contribution in [3.63, 3.8) is 0 Å². The van der Waals surface area contributed by atoms with Crippen molar-refractivity contribution in [2.45, 2.75) is 39.4 Å². The van der Waals surface area contributed by atoms with Crippen molar-refractivity contribution in [1.29, 1.82) is 0 Å². The molecule has 0 saturated carbocycles. The molecule has 0 aliphatic rings. The zero-order chi connectivity index (χ0) is 17.4. The number of alkyl halides is 2. The molecular formula is C16H23F2NO4. The number of ether oxygens (including phenoxy) is 2. The third kappa shape index (κ3) is 5.67. The Kier molecular flexibility index (Phi) is 7.74. The molecule has 0 heterocycles. The lowest BCUT2D eigenvalue weighted by Gasteiger charge is -2.20. The normalized spacial score (nSPS) is 12.3. The molecule has 0 aromatic heterocycles. The number of hydrogen-bond donors (Lipinski definition) is 2. The second-order valence-electron chi connectivity index (χ2n) is 5.10. The number of carbonyl (C=O) groups excluding carboxylic acids is 1. The first-order valence-electron chi connectivity index (χ1n) is 7.51. The second-order valence-corrected chi connectivity index (χ2v) is 5.10. The van der Waals surface area contributed by atoms with Crippen LogP contribution in [-0.2, 0) is 0 Å². The van der Waals surface area contributed by atoms with Crippen molar-refractivity contribution in [2.75, 3.05) is 13.7 Å². The van der Waals surface area contributed by atoms with Crippen molar-refractivity contribution in [3.8, 4) is 11.5 Å². The van der Waals surface area contributed by atoms with Crippen LogP contribution in [-0.4, -0.2) is 37.4 Å². The SMILES string of the molecule is CCC(CC)[C@@H](O)CNC(=O)c1ccc(OC)c(OC(F)F)c1. The molecule has 0 fully saturated rings. The molecule has 1 aromatic carbocycles. The molecule has 130 valence electrons. The average Bonchev–Trinajstić information content (AvgIpc) is 2.53. The van der Waals surface area contributed by atoms with Gasteiger partial charge >= 0.3 is 6.61 Å². The number of methoxy groups -OCH3 is 1. The maximum absolute atomic E-state index is 12.4. The summed E-state index contributed by atoms with van der Waals surface area (Å²) in [5.74, 6) is -0.477. The Hall–Kier alpha value is -1.89. The summed E-state index contributed by atoms with van der Waals surface area (Å²) in [5, 5.41) is 12.6. The molecule has 0 bridgehead atoms. The summed E-state index contributed by atoms with van der Waals surface area (Å²) in [6, 6.07) is 4.00. The Labute approximate surface area is 134 Å². The minimum Gasteiger partial charge on any atom is -0.493 e. The zero-order valence-corrected chi connectivity index (χ0v) is 13.5. The lowest BCUT2D eigenvalue weighted by atomic mass is 9.96. The van der Waals surface area contributed by atoms with Crippen LogP contribution in [0.3, 0.4) is 0 Å². The van der Waals surface area contributed by atoms with Gasteiger partial charge in [0.25, 0.3) is 5.91 Å². The fraction of sp³-hybridized carbons (Fsp3) is 0.562. The van der Waals surface area contributed by atoms with E-state index in [-0.39, 0.29) is 29.5 Å². The first-order valence-corrected chi connectivity index (χ1v) is 7.51. The van der Waals surface area contributed by atoms with Crippen LogP contribution in [0.15, 0.2) is 18.2 Å². The quantitative estimate of drug-likeness (QED) is 0.730. The number of amides is 1. The largest absolute Gasteiger partial charge is 0.493 e. The van der Waals surface area contributed by atoms with Crippen LogP contribution < -0.4 is 14.8 Å². The van der Waals surface area contributed by atoms with E-state index in [0.717, 1.165) is 12.8 Å². The zero-order valence-electron chi connectivity index (χ0n) is 13.5. The van der Waals surface area contributed by atoms with E-state index in [1.807, 2.05) is 13.8 Å². The van der Waals surface area contributed by atoms with Gasteiger partial charge in [0.05, 0.1) is 13.2 Å². The highest BCUT2D eigenvalue weighted by Crippen LogP contribution is 2.29. The summed E-state index contributed by atoms with van der Waals surface area (Å²) in [6.45, 7) is 1.02. The molecule has 1 atom stereocenters. The van der Waals surface area contributed by atoms with Gasteiger partial charge in [0.2, 0.25) is 0 Å². The second kappa shape index (κ2) is 9.29. The minimum atomic E-state index is -3.01. The third-order valence-corrected chi connectivity index (χ3v) is 3.71. The van der Waals surface area contributed by atoms with E-state index in [2.05, 4.69) is 10.1 Å². The molecule has 23 heavy (non-hydrogen) atoms. The van der Waals surface area contributed by atoms with E-state index in [1.165, 1.54) is 25.3 Å². The molecule has 1 amide bonds. The molecular weight excluding hydrogens is 308 g/mol. The van der Waals surface area contributed by atoms with Crippen LogP contribution in [0.2, 0.25) is 0 Å². The van der Waals surface area contributed by atoms with Gasteiger partial charge in [-0.3, -0.25) is 4.79 Å². The molecule has 0 saturated heterocycles. The standard InChI is InChI=1S/C16H23F2NO4/c1-4-10(5-2)12(20)9-19-15(21)11-6-7-13(22-3)14(8-11)23-16(17)18/h6-8,10,12,16,20H,4-5,9H2,1-3H3,(H,19,21)/t12-/m0/s1. The summed E-state index contributed by atoms with van der Waals surface area (Å²) in [6.07, 6.45) is 0.967. The van der Waals surface area contributed by atoms with E-state index in [4.69, 9.17) is 4.74 Å². The summed E-state index contributed by atoms with van der Waals surface area (Å²) in [5.41, 5.74) is 0.151. The van der Waals surface area contributed by atoms with Gasteiger partial charge in [-0.05, 0) is 24.1 Å². The first-order chi connectivity index (χ1) is 10.9. The molecule has 1 aromatic rings. The van der Waals surface area contributed by atoms with Crippen LogP contribution in [0.5, 0.6) is 11.5 Å². The maximum Gasteiger partial charge on any atom is 0.387 e. The van der Waals surface area contributed by atoms with Crippen molar-refractivity contribution >= 4 is 5.91 Å². The van der Waals surface area contributed by atoms with Crippen molar-refractivity contribution < 1.29 is 28.2 Å². The number of benzene rings is 1. The summed E-state index contributed by atoms with van der Waals surface area (Å²) >= 11 is 0. The first kappa shape index (κ1) is 19.2. The van der Waals surface area contributed by atoms with Gasteiger partial charge in [-0.1, -0.05) is 26.7 Å². The molecule has 7 heteroatoms. The van der Waals surface area contributed by atoms with E-state index in [0.29, 0.717) is 0 Å². The van der Waals surface area contributed by atoms with Gasteiger partial charge in [-0.25, -0.2) is 0 Å². The number of nitrogens with one attached hydrogen (secondary N) is 1. The van der Waals surface area contributed by atoms with Crippen molar-refractivity contribution in [2.24, 2.45) is 5.92 Å². The Bertz CT molecular complexity index is 507. The van der Waals surface area contributed by atoms with Crippen LogP contribution in [0.4, 0.5) is 8.78 Å². The van der Waals surface area contributed by atoms with Gasteiger partial charge < -0.3 is 19.9 Å². The highest BCUT2D eigenvalue weighted by atomic mass is 19.3. The van der Waals surface area contributed by atoms with Crippen molar-refractivity contribution in [1.82, 2.24) is 5.32 Å². The maximum atomic E-state index is 12.4. The van der Waals surface area contributed by atoms with Crippen LogP contribution >= 0.6 is 0 Å². The van der Waals surface area contributed by atoms with Crippen LogP contribution in [0.25, 0.3) is 0 Å². The molecule has 0 spiro atoms. The number of rotatable bonds is 9. The minimum absolute atomic E-state index is 0.0995. The van der Waals surface area contributed by atoms with Gasteiger partial charge in [0.15, 0.2) is 11.5 Å². The average molecular weight is 331 g/mol. The molecule has 5 nitrogen and oxygen atoms in total. The Morgan fingerprint density at radius 1 is 1.26 bits per heavy atom. The Morgan fingerprint density at radius 2 is 1.91 bits per heavy atom. The molecule has 1 rings (SSSR count). The third-order valence-electron chi connectivity index (χ3n) is 3.71. The summed E-state index contributed by atoms with van der Waals surface area (Å²) in [7, 11) is 1.32. The van der Waals surface area contributed by atoms with E-state index < -0.39 is 18.6 Å². The molecule has 0 aliphatic carbocycles. The van der Waals surface area contributed by atoms with Gasteiger partial charge in [-0.2, -0.15) is 8.78 Å². The van der Waals surface area contributed by atoms with Crippen molar-refractivity contribution in [3.05, 3.63) is 23.8 Å². The fourth-order valence-electron chi connectivity index (χ4n) is 2.30. The monoisotopic (exact) mass is 331 g/mol. The highest BCUT2D eigenvalue weighted by Gasteiger charge is 2.18. The fourth-order valence-corrected chi connectivity index (χ4v) is 2.30. The summed E-state index contributed by atoms with van der Waals surface area (Å²) < 4.78 is 34.0. The van der Waals surface area contributed by atoms with E-state index >= 15 is 0 Å². The Morgan fingerprint density at radius 3 is 2.43 bits per heavy atom. The predicted octanol–water partition coefficient (Wildman–Crippen LogP) is 2.82. The lowest BCUT2D eigenvalue weighted by molar-refractivity contribution is -0.0512. The number of hydrogen-bond acceptors (Lipinski definition) is 4. The smallest absolute Gasteiger partial charge is 0.387 e. The van der Waals surface area contributed by atoms with Gasteiger partial charge in [0, 0.05) is 12.1 Å². The van der Waals surface area contributed by atoms with Gasteiger partial charge in [0.1, 0.15) is 0 Å². The van der Waals surface area contributed by atoms with E-state index in [9.17, 15) is 18.7 Å². The Balaban J connectivity index is 2.76. The number of halogens is 2. The molecule has 0 unspecified atom stereocenters. The van der Waals surface area contributed by atoms with Gasteiger partial charge in [-0.15, -0.1) is 0 Å². The van der Waals surface area contributed by atoms with E-state index in [1.54, 1.807) is 0 Å². The highest BCUT2D eigenvalue weighted by molar-refractivity contribution is 5.94. The number of carbonyl (C=O) groups is 1. The molecule has 0 aliphatic heterocycles. The van der Waals surface area contributed by atoms with Crippen LogP contribution in [0, 0.1) is 5.92 Å². The number of aliphatic hydroxyl groups is 1. The number of aliphatic hydroxyl groups excluding tert-OH is 1. The molecule has 0 radical (unpaired) electrons. The topological polar surface area (TPSA) is 67.8 Å². The van der Waals surface area contributed by atoms with Crippen LogP contribution in [0.1, 0.15) is 37.0 Å². The molecule has 2 N–H and O–H groups in total.